The van der Waals surface area contributed by atoms with E-state index in [1.165, 1.54) is 11.8 Å². The van der Waals surface area contributed by atoms with Gasteiger partial charge < -0.3 is 14.8 Å². The number of carbonyl (C=O) groups is 1. The summed E-state index contributed by atoms with van der Waals surface area (Å²) in [5.41, 5.74) is 1.87. The molecule has 0 heterocycles. The van der Waals surface area contributed by atoms with E-state index in [0.29, 0.717) is 11.5 Å². The van der Waals surface area contributed by atoms with E-state index in [-0.39, 0.29) is 11.2 Å². The Hall–Kier alpha value is -1.66. The molecule has 1 N–H and O–H groups in total. The molecule has 2 aromatic carbocycles. The Labute approximate surface area is 155 Å². The molecule has 0 saturated carbocycles. The van der Waals surface area contributed by atoms with Gasteiger partial charge in [-0.2, -0.15) is 0 Å². The van der Waals surface area contributed by atoms with Gasteiger partial charge in [-0.25, -0.2) is 0 Å². The largest absolute Gasteiger partial charge is 0.493 e. The molecule has 0 spiro atoms. The zero-order valence-electron chi connectivity index (χ0n) is 14.1. The lowest BCUT2D eigenvalue weighted by atomic mass is 10.2. The summed E-state index contributed by atoms with van der Waals surface area (Å²) in [4.78, 5) is 13.3. The van der Waals surface area contributed by atoms with Gasteiger partial charge in [-0.1, -0.05) is 15.9 Å². The number of thioether (sulfide) groups is 1. The molecular weight excluding hydrogens is 390 g/mol. The maximum atomic E-state index is 12.4. The number of methoxy groups -OCH3 is 2. The molecule has 0 radical (unpaired) electrons. The molecular formula is C18H20BrNO3S. The first-order chi connectivity index (χ1) is 11.4. The van der Waals surface area contributed by atoms with E-state index in [1.807, 2.05) is 50.2 Å². The summed E-state index contributed by atoms with van der Waals surface area (Å²) in [5, 5.41) is 2.70. The molecule has 2 rings (SSSR count). The van der Waals surface area contributed by atoms with E-state index >= 15 is 0 Å². The van der Waals surface area contributed by atoms with Crippen molar-refractivity contribution in [2.24, 2.45) is 0 Å². The summed E-state index contributed by atoms with van der Waals surface area (Å²) in [6, 6.07) is 11.4. The lowest BCUT2D eigenvalue weighted by Gasteiger charge is -2.14. The van der Waals surface area contributed by atoms with Crippen LogP contribution in [-0.4, -0.2) is 25.4 Å². The molecule has 0 aliphatic rings. The van der Waals surface area contributed by atoms with E-state index in [4.69, 9.17) is 9.47 Å². The fourth-order valence-electron chi connectivity index (χ4n) is 2.11. The van der Waals surface area contributed by atoms with Crippen molar-refractivity contribution in [1.29, 1.82) is 0 Å². The van der Waals surface area contributed by atoms with E-state index in [9.17, 15) is 4.79 Å². The molecule has 0 aromatic heterocycles. The summed E-state index contributed by atoms with van der Waals surface area (Å²) < 4.78 is 11.5. The molecule has 1 atom stereocenters. The van der Waals surface area contributed by atoms with Crippen molar-refractivity contribution in [2.75, 3.05) is 19.5 Å². The minimum atomic E-state index is -0.243. The number of ether oxygens (including phenoxy) is 2. The number of benzene rings is 2. The Morgan fingerprint density at radius 2 is 1.83 bits per heavy atom. The van der Waals surface area contributed by atoms with Gasteiger partial charge in [0.05, 0.1) is 19.5 Å². The average Bonchev–Trinajstić information content (AvgIpc) is 2.57. The van der Waals surface area contributed by atoms with Crippen LogP contribution in [0.3, 0.4) is 0 Å². The second-order valence-corrected chi connectivity index (χ2v) is 7.50. The lowest BCUT2D eigenvalue weighted by Crippen LogP contribution is -2.22. The number of rotatable bonds is 6. The van der Waals surface area contributed by atoms with Crippen LogP contribution in [-0.2, 0) is 4.79 Å². The molecule has 0 saturated heterocycles. The van der Waals surface area contributed by atoms with Crippen molar-refractivity contribution in [3.05, 3.63) is 46.4 Å². The molecule has 0 bridgehead atoms. The van der Waals surface area contributed by atoms with Gasteiger partial charge in [0.1, 0.15) is 0 Å². The van der Waals surface area contributed by atoms with Gasteiger partial charge >= 0.3 is 0 Å². The molecule has 128 valence electrons. The number of anilines is 1. The highest BCUT2D eigenvalue weighted by atomic mass is 79.9. The molecule has 1 amide bonds. The number of amides is 1. The zero-order chi connectivity index (χ0) is 17.7. The van der Waals surface area contributed by atoms with E-state index < -0.39 is 0 Å². The number of aryl methyl sites for hydroxylation is 1. The van der Waals surface area contributed by atoms with Crippen LogP contribution in [0.5, 0.6) is 11.5 Å². The van der Waals surface area contributed by atoms with Crippen molar-refractivity contribution in [3.8, 4) is 11.5 Å². The number of nitrogens with one attached hydrogen (secondary N) is 1. The standard InChI is InChI=1S/C18H20BrNO3S/c1-11-9-13(5-7-15(11)19)20-18(21)12(2)24-14-6-8-16(22-3)17(10-14)23-4/h5-10,12H,1-4H3,(H,20,21)/t12-/m0/s1. The summed E-state index contributed by atoms with van der Waals surface area (Å²) >= 11 is 4.93. The van der Waals surface area contributed by atoms with Crippen molar-refractivity contribution in [2.45, 2.75) is 24.0 Å². The summed E-state index contributed by atoms with van der Waals surface area (Å²) in [5.74, 6) is 1.28. The van der Waals surface area contributed by atoms with Crippen molar-refractivity contribution in [1.82, 2.24) is 0 Å². The SMILES string of the molecule is COc1ccc(S[C@@H](C)C(=O)Nc2ccc(Br)c(C)c2)cc1OC. The number of halogens is 1. The smallest absolute Gasteiger partial charge is 0.237 e. The van der Waals surface area contributed by atoms with Crippen LogP contribution in [0.15, 0.2) is 45.8 Å². The number of hydrogen-bond acceptors (Lipinski definition) is 4. The minimum absolute atomic E-state index is 0.0449. The van der Waals surface area contributed by atoms with Gasteiger partial charge in [0, 0.05) is 15.1 Å². The Bertz CT molecular complexity index is 736. The molecule has 0 aliphatic carbocycles. The monoisotopic (exact) mass is 409 g/mol. The van der Waals surface area contributed by atoms with E-state index in [1.54, 1.807) is 14.2 Å². The number of carbonyl (C=O) groups excluding carboxylic acids is 1. The summed E-state index contributed by atoms with van der Waals surface area (Å²) in [6.07, 6.45) is 0. The third-order valence-electron chi connectivity index (χ3n) is 3.46. The van der Waals surface area contributed by atoms with Crippen molar-refractivity contribution in [3.63, 3.8) is 0 Å². The van der Waals surface area contributed by atoms with E-state index in [0.717, 1.165) is 20.6 Å². The van der Waals surface area contributed by atoms with Gasteiger partial charge in [-0.05, 0) is 55.8 Å². The molecule has 6 heteroatoms. The fourth-order valence-corrected chi connectivity index (χ4v) is 3.26. The van der Waals surface area contributed by atoms with Gasteiger partial charge in [-0.15, -0.1) is 11.8 Å². The van der Waals surface area contributed by atoms with Gasteiger partial charge in [0.2, 0.25) is 5.91 Å². The van der Waals surface area contributed by atoms with Crippen LogP contribution in [0.2, 0.25) is 0 Å². The average molecular weight is 410 g/mol. The minimum Gasteiger partial charge on any atom is -0.493 e. The normalized spacial score (nSPS) is 11.7. The fraction of sp³-hybridized carbons (Fsp3) is 0.278. The quantitative estimate of drug-likeness (QED) is 0.689. The van der Waals surface area contributed by atoms with E-state index in [2.05, 4.69) is 21.2 Å². The van der Waals surface area contributed by atoms with Gasteiger partial charge in [0.25, 0.3) is 0 Å². The second-order valence-electron chi connectivity index (χ2n) is 5.23. The Morgan fingerprint density at radius 3 is 2.46 bits per heavy atom. The van der Waals surface area contributed by atoms with Crippen LogP contribution in [0, 0.1) is 6.92 Å². The number of hydrogen-bond donors (Lipinski definition) is 1. The predicted octanol–water partition coefficient (Wildman–Crippen LogP) is 4.89. The first kappa shape index (κ1) is 18.7. The third kappa shape index (κ3) is 4.68. The van der Waals surface area contributed by atoms with Crippen LogP contribution in [0.4, 0.5) is 5.69 Å². The zero-order valence-corrected chi connectivity index (χ0v) is 16.5. The molecule has 0 unspecified atom stereocenters. The van der Waals surface area contributed by atoms with Gasteiger partial charge in [0.15, 0.2) is 11.5 Å². The topological polar surface area (TPSA) is 47.6 Å². The van der Waals surface area contributed by atoms with Crippen LogP contribution < -0.4 is 14.8 Å². The Kier molecular flexibility index (Phi) is 6.57. The maximum Gasteiger partial charge on any atom is 0.237 e. The van der Waals surface area contributed by atoms with Crippen LogP contribution in [0.1, 0.15) is 12.5 Å². The summed E-state index contributed by atoms with van der Waals surface area (Å²) in [6.45, 7) is 3.87. The van der Waals surface area contributed by atoms with Crippen LogP contribution >= 0.6 is 27.7 Å². The molecule has 2 aromatic rings. The van der Waals surface area contributed by atoms with Crippen LogP contribution in [0.25, 0.3) is 0 Å². The highest BCUT2D eigenvalue weighted by Gasteiger charge is 2.16. The van der Waals surface area contributed by atoms with Gasteiger partial charge in [-0.3, -0.25) is 4.79 Å². The molecule has 0 aliphatic heterocycles. The molecule has 4 nitrogen and oxygen atoms in total. The second kappa shape index (κ2) is 8.44. The summed E-state index contributed by atoms with van der Waals surface area (Å²) in [7, 11) is 3.19. The third-order valence-corrected chi connectivity index (χ3v) is 5.45. The maximum absolute atomic E-state index is 12.4. The van der Waals surface area contributed by atoms with Crippen molar-refractivity contribution >= 4 is 39.3 Å². The first-order valence-corrected chi connectivity index (χ1v) is 9.07. The first-order valence-electron chi connectivity index (χ1n) is 7.40. The highest BCUT2D eigenvalue weighted by Crippen LogP contribution is 2.33. The lowest BCUT2D eigenvalue weighted by molar-refractivity contribution is -0.115. The molecule has 24 heavy (non-hydrogen) atoms. The highest BCUT2D eigenvalue weighted by molar-refractivity contribution is 9.10. The Morgan fingerprint density at radius 1 is 1.12 bits per heavy atom. The van der Waals surface area contributed by atoms with Crippen molar-refractivity contribution < 1.29 is 14.3 Å². The Balaban J connectivity index is 2.04. The molecule has 0 fully saturated rings. The predicted molar refractivity (Wildman–Crippen MR) is 102 cm³/mol.